The Hall–Kier alpha value is -3.59. The molecule has 2 aromatic rings. The smallest absolute Gasteiger partial charge is 0.362 e. The maximum atomic E-state index is 12.0. The molecule has 1 saturated heterocycles. The fourth-order valence-corrected chi connectivity index (χ4v) is 4.90. The molecule has 4 N–H and O–H groups in total. The van der Waals surface area contributed by atoms with Gasteiger partial charge in [-0.15, -0.1) is 0 Å². The van der Waals surface area contributed by atoms with Crippen molar-refractivity contribution in [3.05, 3.63) is 45.2 Å². The number of fused-ring (bicyclic) bond motifs is 2. The number of aromatic nitrogens is 1. The molecule has 1 aromatic carbocycles. The SMILES string of the molecule is CC(C)(C)CC(=O)N1CC2[C@H](C1)C2(C)C.N#CC(Cc1cc2cc(Cl)ccc2[nH]c1=O)NC=O.NC(=O)C(F)(F)F. The maximum absolute atomic E-state index is 12.0. The molecule has 2 unspecified atom stereocenters. The number of rotatable bonds is 5. The minimum absolute atomic E-state index is 0.124. The Morgan fingerprint density at radius 2 is 1.80 bits per heavy atom. The van der Waals surface area contributed by atoms with Gasteiger partial charge in [-0.1, -0.05) is 46.2 Å². The Labute approximate surface area is 241 Å². The number of aromatic amines is 1. The lowest BCUT2D eigenvalue weighted by Gasteiger charge is -2.26. The molecule has 1 aromatic heterocycles. The van der Waals surface area contributed by atoms with E-state index in [9.17, 15) is 27.6 Å². The van der Waals surface area contributed by atoms with Crippen molar-refractivity contribution in [1.82, 2.24) is 15.2 Å². The third kappa shape index (κ3) is 9.49. The fraction of sp³-hybridized carbons (Fsp3) is 0.536. The number of carbonyl (C=O) groups is 3. The van der Waals surface area contributed by atoms with Crippen LogP contribution < -0.4 is 16.6 Å². The van der Waals surface area contributed by atoms with E-state index < -0.39 is 18.1 Å². The highest BCUT2D eigenvalue weighted by molar-refractivity contribution is 6.31. The number of likely N-dealkylation sites (tertiary alicyclic amines) is 1. The van der Waals surface area contributed by atoms with Gasteiger partial charge in [0.05, 0.1) is 6.07 Å². The van der Waals surface area contributed by atoms with E-state index in [-0.39, 0.29) is 17.4 Å². The molecular weight excluding hydrogens is 563 g/mol. The standard InChI is InChI=1S/C13H10ClN3O2.C13H23NO.C2H2F3NO/c14-10-1-2-12-8(4-10)3-9(13(19)17-12)5-11(6-15)16-7-18;1-12(2,3)6-11(15)14-7-9-10(8-14)13(9,4)5;3-2(4,5)1(6)7/h1-4,7,11H,5H2,(H,16,18)(H,17,19);9-10H,6-8H2,1-5H3;(H2,6,7)/t;9-,10?;/m.0./s1. The highest BCUT2D eigenvalue weighted by Crippen LogP contribution is 2.62. The van der Waals surface area contributed by atoms with Gasteiger partial charge in [0.1, 0.15) is 6.04 Å². The van der Waals surface area contributed by atoms with Crippen LogP contribution in [0.3, 0.4) is 0 Å². The highest BCUT2D eigenvalue weighted by Gasteiger charge is 2.62. The largest absolute Gasteiger partial charge is 0.470 e. The van der Waals surface area contributed by atoms with Gasteiger partial charge in [0, 0.05) is 42.0 Å². The van der Waals surface area contributed by atoms with Crippen molar-refractivity contribution in [3.8, 4) is 6.07 Å². The number of hydrogen-bond acceptors (Lipinski definition) is 5. The molecule has 13 heteroatoms. The Bertz CT molecular complexity index is 1360. The molecule has 3 atom stereocenters. The Morgan fingerprint density at radius 1 is 1.24 bits per heavy atom. The summed E-state index contributed by atoms with van der Waals surface area (Å²) in [4.78, 5) is 48.1. The van der Waals surface area contributed by atoms with Crippen LogP contribution in [0.2, 0.25) is 5.02 Å². The summed E-state index contributed by atoms with van der Waals surface area (Å²) in [6.45, 7) is 13.1. The number of nitrogens with zero attached hydrogens (tertiary/aromatic N) is 2. The first-order valence-corrected chi connectivity index (χ1v) is 13.2. The summed E-state index contributed by atoms with van der Waals surface area (Å²) in [6.07, 6.45) is -3.58. The zero-order chi connectivity index (χ0) is 31.3. The number of hydrogen-bond donors (Lipinski definition) is 3. The Kier molecular flexibility index (Phi) is 10.6. The molecule has 1 aliphatic heterocycles. The van der Waals surface area contributed by atoms with E-state index >= 15 is 0 Å². The van der Waals surface area contributed by atoms with Crippen molar-refractivity contribution in [2.75, 3.05) is 13.1 Å². The van der Waals surface area contributed by atoms with Gasteiger partial charge in [-0.2, -0.15) is 18.4 Å². The van der Waals surface area contributed by atoms with E-state index in [1.54, 1.807) is 24.3 Å². The van der Waals surface area contributed by atoms with Gasteiger partial charge in [-0.3, -0.25) is 19.2 Å². The third-order valence-electron chi connectivity index (χ3n) is 7.17. The summed E-state index contributed by atoms with van der Waals surface area (Å²) in [5, 5.41) is 12.6. The lowest BCUT2D eigenvalue weighted by Crippen LogP contribution is -2.35. The number of halogens is 4. The number of benzene rings is 1. The van der Waals surface area contributed by atoms with E-state index in [0.717, 1.165) is 30.3 Å². The third-order valence-corrected chi connectivity index (χ3v) is 7.40. The van der Waals surface area contributed by atoms with E-state index in [4.69, 9.17) is 21.7 Å². The molecule has 224 valence electrons. The van der Waals surface area contributed by atoms with Gasteiger partial charge < -0.3 is 20.9 Å². The van der Waals surface area contributed by atoms with Crippen LogP contribution in [0.1, 0.15) is 46.6 Å². The summed E-state index contributed by atoms with van der Waals surface area (Å²) < 4.78 is 32.1. The first kappa shape index (κ1) is 33.6. The number of pyridine rings is 1. The lowest BCUT2D eigenvalue weighted by atomic mass is 9.91. The number of primary amides is 1. The molecule has 0 bridgehead atoms. The second kappa shape index (κ2) is 12.9. The van der Waals surface area contributed by atoms with Gasteiger partial charge in [-0.05, 0) is 52.3 Å². The van der Waals surface area contributed by atoms with Crippen LogP contribution >= 0.6 is 11.6 Å². The van der Waals surface area contributed by atoms with Crippen LogP contribution in [0.15, 0.2) is 29.1 Å². The normalized spacial score (nSPS) is 19.4. The number of carbonyl (C=O) groups excluding carboxylic acids is 3. The maximum Gasteiger partial charge on any atom is 0.470 e. The minimum Gasteiger partial charge on any atom is -0.362 e. The monoisotopic (exact) mass is 597 g/mol. The number of amides is 3. The van der Waals surface area contributed by atoms with E-state index in [1.165, 1.54) is 0 Å². The first-order valence-electron chi connectivity index (χ1n) is 12.8. The van der Waals surface area contributed by atoms with E-state index in [1.807, 2.05) is 6.07 Å². The summed E-state index contributed by atoms with van der Waals surface area (Å²) in [7, 11) is 0. The van der Waals surface area contributed by atoms with Crippen LogP contribution in [0.25, 0.3) is 10.9 Å². The van der Waals surface area contributed by atoms with Crippen molar-refractivity contribution in [2.45, 2.75) is 59.7 Å². The molecule has 4 rings (SSSR count). The summed E-state index contributed by atoms with van der Waals surface area (Å²) in [5.74, 6) is -0.346. The van der Waals surface area contributed by atoms with Gasteiger partial charge in [-0.25, -0.2) is 0 Å². The van der Waals surface area contributed by atoms with Gasteiger partial charge in [0.25, 0.3) is 5.56 Å². The number of nitriles is 1. The van der Waals surface area contributed by atoms with Crippen LogP contribution in [-0.2, 0) is 20.8 Å². The number of H-pyrrole nitrogens is 1. The summed E-state index contributed by atoms with van der Waals surface area (Å²) in [5.41, 5.74) is 5.27. The van der Waals surface area contributed by atoms with Crippen LogP contribution in [-0.4, -0.2) is 53.4 Å². The van der Waals surface area contributed by atoms with Crippen molar-refractivity contribution >= 4 is 40.7 Å². The first-order chi connectivity index (χ1) is 18.8. The molecule has 2 heterocycles. The van der Waals surface area contributed by atoms with Gasteiger partial charge in [0.2, 0.25) is 12.3 Å². The molecule has 9 nitrogen and oxygen atoms in total. The minimum atomic E-state index is -4.86. The predicted octanol–water partition coefficient (Wildman–Crippen LogP) is 3.93. The number of nitrogens with one attached hydrogen (secondary N) is 2. The second-order valence-electron chi connectivity index (χ2n) is 12.0. The molecule has 0 spiro atoms. The number of nitrogens with two attached hydrogens (primary N) is 1. The van der Waals surface area contributed by atoms with Crippen LogP contribution in [0.5, 0.6) is 0 Å². The molecule has 0 radical (unpaired) electrons. The van der Waals surface area contributed by atoms with Crippen molar-refractivity contribution < 1.29 is 27.6 Å². The fourth-order valence-electron chi connectivity index (χ4n) is 4.72. The molecule has 1 saturated carbocycles. The summed E-state index contributed by atoms with van der Waals surface area (Å²) in [6, 6.07) is 8.00. The van der Waals surface area contributed by atoms with E-state index in [0.29, 0.717) is 40.3 Å². The molecule has 2 fully saturated rings. The Morgan fingerprint density at radius 3 is 2.27 bits per heavy atom. The summed E-state index contributed by atoms with van der Waals surface area (Å²) >= 11 is 5.89. The van der Waals surface area contributed by atoms with Crippen molar-refractivity contribution in [3.63, 3.8) is 0 Å². The molecule has 3 amide bonds. The Balaban J connectivity index is 0.000000238. The number of alkyl halides is 3. The number of piperidine rings is 1. The van der Waals surface area contributed by atoms with Crippen molar-refractivity contribution in [1.29, 1.82) is 5.26 Å². The second-order valence-corrected chi connectivity index (χ2v) is 12.4. The average molecular weight is 598 g/mol. The quantitative estimate of drug-likeness (QED) is 0.446. The van der Waals surface area contributed by atoms with Crippen LogP contribution in [0.4, 0.5) is 13.2 Å². The van der Waals surface area contributed by atoms with Crippen molar-refractivity contribution in [2.24, 2.45) is 28.4 Å². The zero-order valence-corrected chi connectivity index (χ0v) is 24.3. The zero-order valence-electron chi connectivity index (χ0n) is 23.6. The highest BCUT2D eigenvalue weighted by atomic mass is 35.5. The average Bonchev–Trinajstić information content (AvgIpc) is 3.17. The molecule has 2 aliphatic rings. The molecule has 41 heavy (non-hydrogen) atoms. The molecular formula is C28H35ClF3N5O4. The topological polar surface area (TPSA) is 149 Å². The lowest BCUT2D eigenvalue weighted by molar-refractivity contribution is -0.169. The van der Waals surface area contributed by atoms with E-state index in [2.05, 4.69) is 55.6 Å². The predicted molar refractivity (Wildman–Crippen MR) is 149 cm³/mol. The van der Waals surface area contributed by atoms with Gasteiger partial charge >= 0.3 is 12.1 Å². The van der Waals surface area contributed by atoms with Gasteiger partial charge in [0.15, 0.2) is 0 Å². The van der Waals surface area contributed by atoms with Crippen LogP contribution in [0, 0.1) is 34.0 Å². The molecule has 1 aliphatic carbocycles.